The number of fused-ring (bicyclic) bond motifs is 1. The molecule has 0 radical (unpaired) electrons. The highest BCUT2D eigenvalue weighted by molar-refractivity contribution is 5.74. The quantitative estimate of drug-likeness (QED) is 0.760. The van der Waals surface area contributed by atoms with Gasteiger partial charge in [0.1, 0.15) is 0 Å². The summed E-state index contributed by atoms with van der Waals surface area (Å²) in [7, 11) is 0. The molecule has 0 saturated carbocycles. The smallest absolute Gasteiger partial charge is 0.166 e. The van der Waals surface area contributed by atoms with Crippen molar-refractivity contribution in [1.82, 2.24) is 19.9 Å². The molecule has 82 valence electrons. The van der Waals surface area contributed by atoms with E-state index in [2.05, 4.69) is 15.5 Å². The van der Waals surface area contributed by atoms with Crippen LogP contribution in [0.15, 0.2) is 18.2 Å². The van der Waals surface area contributed by atoms with E-state index in [-0.39, 0.29) is 6.04 Å². The summed E-state index contributed by atoms with van der Waals surface area (Å²) in [6.45, 7) is 1.00. The average Bonchev–Trinajstić information content (AvgIpc) is 2.96. The lowest BCUT2D eigenvalue weighted by Gasteiger charge is -2.08. The predicted molar refractivity (Wildman–Crippen MR) is 58.4 cm³/mol. The highest BCUT2D eigenvalue weighted by Gasteiger charge is 2.22. The fraction of sp³-hybridized carbons (Fsp3) is 0.364. The van der Waals surface area contributed by atoms with Crippen LogP contribution in [0.5, 0.6) is 0 Å². The van der Waals surface area contributed by atoms with Gasteiger partial charge in [-0.2, -0.15) is 0 Å². The minimum absolute atomic E-state index is 0.219. The number of nitrogens with zero attached hydrogens (tertiary/aromatic N) is 3. The van der Waals surface area contributed by atoms with Gasteiger partial charge >= 0.3 is 0 Å². The number of rotatable bonds is 2. The summed E-state index contributed by atoms with van der Waals surface area (Å²) in [5.74, 6) is 0.843. The van der Waals surface area contributed by atoms with Crippen LogP contribution in [0.1, 0.15) is 35.2 Å². The van der Waals surface area contributed by atoms with Crippen molar-refractivity contribution < 1.29 is 4.79 Å². The summed E-state index contributed by atoms with van der Waals surface area (Å²) in [6.07, 6.45) is 3.03. The Bertz CT molecular complexity index is 528. The number of carbonyl (C=O) groups is 1. The van der Waals surface area contributed by atoms with Crippen LogP contribution < -0.4 is 5.32 Å². The van der Waals surface area contributed by atoms with Crippen molar-refractivity contribution in [1.29, 1.82) is 0 Å². The summed E-state index contributed by atoms with van der Waals surface area (Å²) in [6, 6.07) is 5.68. The van der Waals surface area contributed by atoms with Crippen LogP contribution in [0.3, 0.4) is 0 Å². The van der Waals surface area contributed by atoms with E-state index in [9.17, 15) is 4.79 Å². The molecular weight excluding hydrogens is 204 g/mol. The number of hydrogen-bond donors (Lipinski definition) is 1. The Morgan fingerprint density at radius 3 is 3.12 bits per heavy atom. The second kappa shape index (κ2) is 3.68. The van der Waals surface area contributed by atoms with Crippen molar-refractivity contribution in [3.63, 3.8) is 0 Å². The van der Waals surface area contributed by atoms with Crippen molar-refractivity contribution in [3.8, 4) is 0 Å². The Hall–Kier alpha value is -1.75. The van der Waals surface area contributed by atoms with Gasteiger partial charge in [-0.1, -0.05) is 6.07 Å². The Balaban J connectivity index is 2.20. The molecule has 1 aliphatic heterocycles. The van der Waals surface area contributed by atoms with E-state index in [0.717, 1.165) is 37.1 Å². The number of aldehydes is 1. The largest absolute Gasteiger partial charge is 0.307 e. The van der Waals surface area contributed by atoms with Crippen molar-refractivity contribution in [2.24, 2.45) is 0 Å². The van der Waals surface area contributed by atoms with Crippen molar-refractivity contribution in [2.75, 3.05) is 6.54 Å². The highest BCUT2D eigenvalue weighted by atomic mass is 16.1. The fourth-order valence-corrected chi connectivity index (χ4v) is 2.21. The molecule has 3 rings (SSSR count). The number of pyridine rings is 1. The molecule has 0 spiro atoms. The first-order valence-corrected chi connectivity index (χ1v) is 5.43. The molecule has 2 aromatic rings. The van der Waals surface area contributed by atoms with E-state index in [1.54, 1.807) is 6.07 Å². The first-order chi connectivity index (χ1) is 7.90. The number of carbonyl (C=O) groups excluding carboxylic acids is 1. The molecule has 1 saturated heterocycles. The van der Waals surface area contributed by atoms with Gasteiger partial charge in [0.25, 0.3) is 0 Å². The van der Waals surface area contributed by atoms with E-state index < -0.39 is 0 Å². The zero-order valence-corrected chi connectivity index (χ0v) is 8.76. The zero-order valence-electron chi connectivity index (χ0n) is 8.76. The van der Waals surface area contributed by atoms with E-state index >= 15 is 0 Å². The highest BCUT2D eigenvalue weighted by Crippen LogP contribution is 2.22. The van der Waals surface area contributed by atoms with Crippen LogP contribution in [0.2, 0.25) is 0 Å². The van der Waals surface area contributed by atoms with Gasteiger partial charge in [0, 0.05) is 0 Å². The van der Waals surface area contributed by atoms with Gasteiger partial charge in [-0.25, -0.2) is 0 Å². The second-order valence-electron chi connectivity index (χ2n) is 3.97. The maximum Gasteiger partial charge on any atom is 0.166 e. The third kappa shape index (κ3) is 1.32. The molecule has 16 heavy (non-hydrogen) atoms. The monoisotopic (exact) mass is 216 g/mol. The van der Waals surface area contributed by atoms with Crippen LogP contribution in [0.25, 0.3) is 5.65 Å². The maximum atomic E-state index is 11.0. The molecule has 3 heterocycles. The van der Waals surface area contributed by atoms with E-state index in [4.69, 9.17) is 0 Å². The minimum atomic E-state index is 0.219. The maximum absolute atomic E-state index is 11.0. The summed E-state index contributed by atoms with van der Waals surface area (Å²) in [5, 5.41) is 11.6. The van der Waals surface area contributed by atoms with Crippen LogP contribution in [-0.4, -0.2) is 27.4 Å². The second-order valence-corrected chi connectivity index (χ2v) is 3.97. The van der Waals surface area contributed by atoms with Gasteiger partial charge < -0.3 is 5.32 Å². The molecule has 1 atom stereocenters. The molecule has 0 bridgehead atoms. The average molecular weight is 216 g/mol. The van der Waals surface area contributed by atoms with Crippen molar-refractivity contribution >= 4 is 11.9 Å². The van der Waals surface area contributed by atoms with Gasteiger partial charge in [0.15, 0.2) is 17.8 Å². The SMILES string of the molecule is O=Cc1cccc2nnc(C3CCCN3)n12. The van der Waals surface area contributed by atoms with Gasteiger partial charge in [-0.15, -0.1) is 10.2 Å². The van der Waals surface area contributed by atoms with Gasteiger partial charge in [0.05, 0.1) is 11.7 Å². The van der Waals surface area contributed by atoms with Crippen molar-refractivity contribution in [2.45, 2.75) is 18.9 Å². The molecule has 5 nitrogen and oxygen atoms in total. The van der Waals surface area contributed by atoms with E-state index in [1.807, 2.05) is 16.5 Å². The fourth-order valence-electron chi connectivity index (χ4n) is 2.21. The van der Waals surface area contributed by atoms with Crippen LogP contribution >= 0.6 is 0 Å². The van der Waals surface area contributed by atoms with Crippen LogP contribution in [-0.2, 0) is 0 Å². The summed E-state index contributed by atoms with van der Waals surface area (Å²) in [4.78, 5) is 11.0. The van der Waals surface area contributed by atoms with Crippen LogP contribution in [0.4, 0.5) is 0 Å². The third-order valence-corrected chi connectivity index (χ3v) is 2.98. The Labute approximate surface area is 92.5 Å². The lowest BCUT2D eigenvalue weighted by Crippen LogP contribution is -2.16. The van der Waals surface area contributed by atoms with Gasteiger partial charge in [-0.05, 0) is 31.5 Å². The van der Waals surface area contributed by atoms with Gasteiger partial charge in [0.2, 0.25) is 0 Å². The molecule has 0 aliphatic carbocycles. The number of nitrogens with one attached hydrogen (secondary N) is 1. The first kappa shape index (κ1) is 9.47. The molecule has 2 aromatic heterocycles. The summed E-state index contributed by atoms with van der Waals surface area (Å²) >= 11 is 0. The normalized spacial score (nSPS) is 20.4. The molecule has 1 N–H and O–H groups in total. The molecule has 0 aromatic carbocycles. The lowest BCUT2D eigenvalue weighted by molar-refractivity contribution is 0.111. The summed E-state index contributed by atoms with van der Waals surface area (Å²) < 4.78 is 1.83. The molecule has 0 amide bonds. The number of aromatic nitrogens is 3. The Morgan fingerprint density at radius 1 is 1.44 bits per heavy atom. The van der Waals surface area contributed by atoms with Crippen molar-refractivity contribution in [3.05, 3.63) is 29.7 Å². The zero-order chi connectivity index (χ0) is 11.0. The first-order valence-electron chi connectivity index (χ1n) is 5.43. The topological polar surface area (TPSA) is 59.3 Å². The van der Waals surface area contributed by atoms with E-state index in [1.165, 1.54) is 0 Å². The molecule has 1 aliphatic rings. The molecule has 1 unspecified atom stereocenters. The lowest BCUT2D eigenvalue weighted by atomic mass is 10.2. The van der Waals surface area contributed by atoms with Gasteiger partial charge in [-0.3, -0.25) is 9.20 Å². The molecular formula is C11H12N4O. The van der Waals surface area contributed by atoms with E-state index in [0.29, 0.717) is 5.69 Å². The third-order valence-electron chi connectivity index (χ3n) is 2.98. The minimum Gasteiger partial charge on any atom is -0.307 e. The Kier molecular flexibility index (Phi) is 2.18. The molecule has 1 fully saturated rings. The predicted octanol–water partition coefficient (Wildman–Crippen LogP) is 0.966. The van der Waals surface area contributed by atoms with Crippen LogP contribution in [0, 0.1) is 0 Å². The standard InChI is InChI=1S/C11H12N4O/c16-7-8-3-1-5-10-13-14-11(15(8)10)9-4-2-6-12-9/h1,3,5,7,9,12H,2,4,6H2. The number of hydrogen-bond acceptors (Lipinski definition) is 4. The summed E-state index contributed by atoms with van der Waals surface area (Å²) in [5.41, 5.74) is 1.33. The molecule has 5 heteroatoms. The Morgan fingerprint density at radius 2 is 2.38 bits per heavy atom.